The van der Waals surface area contributed by atoms with Crippen molar-refractivity contribution in [2.45, 2.75) is 32.2 Å². The number of hydrogen-bond donors (Lipinski definition) is 2. The highest BCUT2D eigenvalue weighted by Crippen LogP contribution is 2.25. The van der Waals surface area contributed by atoms with Gasteiger partial charge in [0.05, 0.1) is 5.02 Å². The number of rotatable bonds is 2. The van der Waals surface area contributed by atoms with Gasteiger partial charge in [0.2, 0.25) is 0 Å². The van der Waals surface area contributed by atoms with Gasteiger partial charge in [-0.3, -0.25) is 4.79 Å². The van der Waals surface area contributed by atoms with E-state index in [1.54, 1.807) is 12.1 Å². The predicted octanol–water partition coefficient (Wildman–Crippen LogP) is 2.24. The maximum atomic E-state index is 12.0. The normalized spacial score (nSPS) is 23.6. The van der Waals surface area contributed by atoms with Gasteiger partial charge in [0, 0.05) is 6.04 Å². The molecule has 3 N–H and O–H groups in total. The van der Waals surface area contributed by atoms with Crippen LogP contribution in [0.4, 0.5) is 5.82 Å². The van der Waals surface area contributed by atoms with Crippen molar-refractivity contribution in [3.05, 3.63) is 22.8 Å². The fourth-order valence-corrected chi connectivity index (χ4v) is 2.40. The highest BCUT2D eigenvalue weighted by Gasteiger charge is 2.24. The van der Waals surface area contributed by atoms with E-state index in [1.165, 1.54) is 0 Å². The molecule has 2 atom stereocenters. The molecule has 0 aromatic carbocycles. The molecule has 1 aromatic heterocycles. The van der Waals surface area contributed by atoms with E-state index in [0.717, 1.165) is 19.3 Å². The van der Waals surface area contributed by atoms with Crippen LogP contribution in [0.25, 0.3) is 0 Å². The molecule has 0 radical (unpaired) electrons. The lowest BCUT2D eigenvalue weighted by atomic mass is 10.1. The summed E-state index contributed by atoms with van der Waals surface area (Å²) in [5.74, 6) is 0.741. The predicted molar refractivity (Wildman–Crippen MR) is 67.9 cm³/mol. The number of amides is 1. The van der Waals surface area contributed by atoms with Crippen molar-refractivity contribution in [3.8, 4) is 0 Å². The second kappa shape index (κ2) is 4.92. The van der Waals surface area contributed by atoms with E-state index >= 15 is 0 Å². The van der Waals surface area contributed by atoms with Gasteiger partial charge in [0.1, 0.15) is 11.5 Å². The van der Waals surface area contributed by atoms with Crippen LogP contribution in [-0.4, -0.2) is 16.9 Å². The number of hydrogen-bond acceptors (Lipinski definition) is 3. The lowest BCUT2D eigenvalue weighted by molar-refractivity contribution is 0.0932. The molecule has 0 spiro atoms. The first kappa shape index (κ1) is 12.2. The fourth-order valence-electron chi connectivity index (χ4n) is 2.21. The Bertz CT molecular complexity index is 436. The third-order valence-electron chi connectivity index (χ3n) is 3.11. The summed E-state index contributed by atoms with van der Waals surface area (Å²) in [6.45, 7) is 2.19. The number of halogens is 1. The number of nitrogens with two attached hydrogens (primary N) is 1. The SMILES string of the molecule is CC1CCC(NC(=O)c2nc(N)ccc2Cl)C1. The van der Waals surface area contributed by atoms with Crippen molar-refractivity contribution in [1.29, 1.82) is 0 Å². The molecule has 1 heterocycles. The van der Waals surface area contributed by atoms with Crippen molar-refractivity contribution in [2.75, 3.05) is 5.73 Å². The molecule has 17 heavy (non-hydrogen) atoms. The number of nitrogens with one attached hydrogen (secondary N) is 1. The molecule has 0 aliphatic heterocycles. The van der Waals surface area contributed by atoms with Gasteiger partial charge in [0.25, 0.3) is 5.91 Å². The van der Waals surface area contributed by atoms with Crippen LogP contribution in [0.3, 0.4) is 0 Å². The Morgan fingerprint density at radius 3 is 2.94 bits per heavy atom. The van der Waals surface area contributed by atoms with E-state index in [2.05, 4.69) is 17.2 Å². The van der Waals surface area contributed by atoms with Crippen molar-refractivity contribution in [3.63, 3.8) is 0 Å². The molecular weight excluding hydrogens is 238 g/mol. The number of anilines is 1. The van der Waals surface area contributed by atoms with E-state index < -0.39 is 0 Å². The van der Waals surface area contributed by atoms with E-state index in [9.17, 15) is 4.79 Å². The summed E-state index contributed by atoms with van der Waals surface area (Å²) in [4.78, 5) is 15.9. The Morgan fingerprint density at radius 1 is 1.53 bits per heavy atom. The van der Waals surface area contributed by atoms with Crippen LogP contribution < -0.4 is 11.1 Å². The third kappa shape index (κ3) is 2.88. The molecule has 1 aliphatic rings. The maximum absolute atomic E-state index is 12.0. The zero-order valence-electron chi connectivity index (χ0n) is 9.74. The van der Waals surface area contributed by atoms with Gasteiger partial charge >= 0.3 is 0 Å². The minimum atomic E-state index is -0.235. The molecule has 0 saturated heterocycles. The summed E-state index contributed by atoms with van der Waals surface area (Å²) >= 11 is 5.93. The van der Waals surface area contributed by atoms with Gasteiger partial charge in [0.15, 0.2) is 0 Å². The second-order valence-corrected chi connectivity index (χ2v) is 5.06. The van der Waals surface area contributed by atoms with Crippen molar-refractivity contribution in [2.24, 2.45) is 5.92 Å². The van der Waals surface area contributed by atoms with E-state index in [4.69, 9.17) is 17.3 Å². The molecule has 1 fully saturated rings. The highest BCUT2D eigenvalue weighted by atomic mass is 35.5. The van der Waals surface area contributed by atoms with Gasteiger partial charge in [-0.05, 0) is 37.3 Å². The van der Waals surface area contributed by atoms with Crippen LogP contribution in [0.1, 0.15) is 36.7 Å². The summed E-state index contributed by atoms with van der Waals surface area (Å²) in [6, 6.07) is 3.41. The average molecular weight is 254 g/mol. The van der Waals surface area contributed by atoms with E-state index in [0.29, 0.717) is 16.8 Å². The minimum Gasteiger partial charge on any atom is -0.384 e. The number of carbonyl (C=O) groups excluding carboxylic acids is 1. The first-order valence-electron chi connectivity index (χ1n) is 5.79. The molecule has 2 rings (SSSR count). The van der Waals surface area contributed by atoms with Crippen molar-refractivity contribution >= 4 is 23.3 Å². The second-order valence-electron chi connectivity index (χ2n) is 4.66. The summed E-state index contributed by atoms with van der Waals surface area (Å²) < 4.78 is 0. The maximum Gasteiger partial charge on any atom is 0.271 e. The number of nitrogen functional groups attached to an aromatic ring is 1. The molecule has 5 heteroatoms. The smallest absolute Gasteiger partial charge is 0.271 e. The standard InChI is InChI=1S/C12H16ClN3O/c1-7-2-3-8(6-7)15-12(17)11-9(13)4-5-10(14)16-11/h4-5,7-8H,2-3,6H2,1H3,(H2,14,16)(H,15,17). The van der Waals surface area contributed by atoms with E-state index in [-0.39, 0.29) is 17.6 Å². The average Bonchev–Trinajstić information content (AvgIpc) is 2.67. The lowest BCUT2D eigenvalue weighted by Crippen LogP contribution is -2.33. The fraction of sp³-hybridized carbons (Fsp3) is 0.500. The van der Waals surface area contributed by atoms with Gasteiger partial charge < -0.3 is 11.1 Å². The molecule has 4 nitrogen and oxygen atoms in total. The van der Waals surface area contributed by atoms with Crippen LogP contribution in [0, 0.1) is 5.92 Å². The lowest BCUT2D eigenvalue weighted by Gasteiger charge is -2.12. The number of carbonyl (C=O) groups is 1. The summed E-state index contributed by atoms with van der Waals surface area (Å²) in [5.41, 5.74) is 5.76. The van der Waals surface area contributed by atoms with E-state index in [1.807, 2.05) is 0 Å². The first-order valence-corrected chi connectivity index (χ1v) is 6.17. The quantitative estimate of drug-likeness (QED) is 0.849. The Hall–Kier alpha value is -1.29. The number of aromatic nitrogens is 1. The van der Waals surface area contributed by atoms with Crippen LogP contribution in [0.5, 0.6) is 0 Å². The van der Waals surface area contributed by atoms with Crippen molar-refractivity contribution < 1.29 is 4.79 Å². The van der Waals surface area contributed by atoms with Crippen molar-refractivity contribution in [1.82, 2.24) is 10.3 Å². The minimum absolute atomic E-state index is 0.214. The first-order chi connectivity index (χ1) is 8.06. The molecule has 92 valence electrons. The summed E-state index contributed by atoms with van der Waals surface area (Å²) in [6.07, 6.45) is 3.20. The molecule has 0 bridgehead atoms. The van der Waals surface area contributed by atoms with Gasteiger partial charge in [-0.1, -0.05) is 18.5 Å². The molecule has 1 amide bonds. The summed E-state index contributed by atoms with van der Waals surface area (Å²) in [5, 5.41) is 3.29. The number of nitrogens with zero attached hydrogens (tertiary/aromatic N) is 1. The molecule has 1 saturated carbocycles. The Labute approximate surface area is 106 Å². The molecule has 1 aliphatic carbocycles. The van der Waals surface area contributed by atoms with Gasteiger partial charge in [-0.15, -0.1) is 0 Å². The third-order valence-corrected chi connectivity index (χ3v) is 3.42. The molecular formula is C12H16ClN3O. The molecule has 1 aromatic rings. The zero-order chi connectivity index (χ0) is 12.4. The Balaban J connectivity index is 2.06. The van der Waals surface area contributed by atoms with Crippen LogP contribution >= 0.6 is 11.6 Å². The molecule has 2 unspecified atom stereocenters. The van der Waals surface area contributed by atoms with Crippen LogP contribution in [-0.2, 0) is 0 Å². The Kier molecular flexibility index (Phi) is 3.52. The topological polar surface area (TPSA) is 68.0 Å². The summed E-state index contributed by atoms with van der Waals surface area (Å²) in [7, 11) is 0. The van der Waals surface area contributed by atoms with Gasteiger partial charge in [-0.2, -0.15) is 0 Å². The highest BCUT2D eigenvalue weighted by molar-refractivity contribution is 6.33. The zero-order valence-corrected chi connectivity index (χ0v) is 10.5. The van der Waals surface area contributed by atoms with Crippen LogP contribution in [0.2, 0.25) is 5.02 Å². The monoisotopic (exact) mass is 253 g/mol. The Morgan fingerprint density at radius 2 is 2.29 bits per heavy atom. The largest absolute Gasteiger partial charge is 0.384 e. The van der Waals surface area contributed by atoms with Crippen LogP contribution in [0.15, 0.2) is 12.1 Å². The van der Waals surface area contributed by atoms with Gasteiger partial charge in [-0.25, -0.2) is 4.98 Å². The number of pyridine rings is 1.